The van der Waals surface area contributed by atoms with Crippen LogP contribution < -0.4 is 5.56 Å². The van der Waals surface area contributed by atoms with E-state index >= 15 is 0 Å². The average Bonchev–Trinajstić information content (AvgIpc) is 2.81. The minimum atomic E-state index is -0.141. The zero-order valence-electron chi connectivity index (χ0n) is 10.3. The molecule has 0 aliphatic carbocycles. The Bertz CT molecular complexity index is 576. The van der Waals surface area contributed by atoms with Crippen LogP contribution >= 0.6 is 0 Å². The molecule has 0 bridgehead atoms. The third-order valence-corrected chi connectivity index (χ3v) is 2.26. The van der Waals surface area contributed by atoms with Gasteiger partial charge in [0.2, 0.25) is 0 Å². The lowest BCUT2D eigenvalue weighted by molar-refractivity contribution is 0.174. The molecule has 2 heterocycles. The Balaban J connectivity index is 2.31. The Morgan fingerprint density at radius 1 is 1.44 bits per heavy atom. The van der Waals surface area contributed by atoms with E-state index in [4.69, 9.17) is 9.26 Å². The molecule has 0 spiro atoms. The van der Waals surface area contributed by atoms with E-state index in [1.54, 1.807) is 13.2 Å². The molecule has 0 unspecified atom stereocenters. The fourth-order valence-corrected chi connectivity index (χ4v) is 1.48. The molecule has 0 saturated heterocycles. The van der Waals surface area contributed by atoms with Crippen LogP contribution in [0.3, 0.4) is 0 Å². The van der Waals surface area contributed by atoms with E-state index in [0.717, 1.165) is 6.42 Å². The fourth-order valence-electron chi connectivity index (χ4n) is 1.48. The number of methoxy groups -OCH3 is 1. The van der Waals surface area contributed by atoms with Crippen molar-refractivity contribution >= 4 is 0 Å². The zero-order chi connectivity index (χ0) is 13.0. The van der Waals surface area contributed by atoms with E-state index < -0.39 is 0 Å². The number of rotatable bonds is 5. The second-order valence-corrected chi connectivity index (χ2v) is 3.73. The van der Waals surface area contributed by atoms with Crippen LogP contribution in [0.1, 0.15) is 19.2 Å². The van der Waals surface area contributed by atoms with E-state index in [9.17, 15) is 4.79 Å². The van der Waals surface area contributed by atoms with E-state index in [0.29, 0.717) is 18.1 Å². The maximum absolute atomic E-state index is 11.5. The lowest BCUT2D eigenvalue weighted by Gasteiger charge is -2.02. The molecule has 7 heteroatoms. The summed E-state index contributed by atoms with van der Waals surface area (Å²) in [5, 5.41) is 7.91. The third kappa shape index (κ3) is 2.62. The van der Waals surface area contributed by atoms with E-state index in [2.05, 4.69) is 15.2 Å². The molecule has 0 radical (unpaired) electrons. The molecular weight excluding hydrogens is 236 g/mol. The Morgan fingerprint density at radius 3 is 3.00 bits per heavy atom. The molecule has 2 aromatic heterocycles. The van der Waals surface area contributed by atoms with Gasteiger partial charge in [-0.05, 0) is 12.5 Å². The highest BCUT2D eigenvalue weighted by Gasteiger charge is 2.11. The van der Waals surface area contributed by atoms with E-state index in [-0.39, 0.29) is 18.1 Å². The predicted molar refractivity (Wildman–Crippen MR) is 62.8 cm³/mol. The van der Waals surface area contributed by atoms with Crippen LogP contribution in [0.4, 0.5) is 0 Å². The van der Waals surface area contributed by atoms with Gasteiger partial charge in [0.1, 0.15) is 12.3 Å². The van der Waals surface area contributed by atoms with Crippen LogP contribution in [0.15, 0.2) is 21.5 Å². The minimum Gasteiger partial charge on any atom is -0.377 e. The number of hydrogen-bond donors (Lipinski definition) is 0. The quantitative estimate of drug-likeness (QED) is 0.782. The lowest BCUT2D eigenvalue weighted by atomic mass is 10.4. The summed E-state index contributed by atoms with van der Waals surface area (Å²) in [6, 6.07) is 3.01. The number of aryl methyl sites for hydroxylation is 1. The van der Waals surface area contributed by atoms with Gasteiger partial charge in [0.15, 0.2) is 5.82 Å². The van der Waals surface area contributed by atoms with Gasteiger partial charge in [0, 0.05) is 19.7 Å². The molecule has 96 valence electrons. The second kappa shape index (κ2) is 5.54. The highest BCUT2D eigenvalue weighted by Crippen LogP contribution is 2.12. The van der Waals surface area contributed by atoms with Gasteiger partial charge in [-0.2, -0.15) is 10.1 Å². The summed E-state index contributed by atoms with van der Waals surface area (Å²) in [7, 11) is 1.55. The number of hydrogen-bond acceptors (Lipinski definition) is 6. The summed E-state index contributed by atoms with van der Waals surface area (Å²) in [5.74, 6) is 0.731. The Labute approximate surface area is 103 Å². The Morgan fingerprint density at radius 2 is 2.28 bits per heavy atom. The van der Waals surface area contributed by atoms with Crippen LogP contribution in [0.2, 0.25) is 0 Å². The molecule has 0 aliphatic heterocycles. The largest absolute Gasteiger partial charge is 0.377 e. The summed E-state index contributed by atoms with van der Waals surface area (Å²) < 4.78 is 11.3. The van der Waals surface area contributed by atoms with Crippen molar-refractivity contribution in [2.24, 2.45) is 0 Å². The smallest absolute Gasteiger partial charge is 0.278 e. The lowest BCUT2D eigenvalue weighted by Crippen LogP contribution is -2.22. The average molecular weight is 250 g/mol. The van der Waals surface area contributed by atoms with E-state index in [1.165, 1.54) is 10.7 Å². The highest BCUT2D eigenvalue weighted by atomic mass is 16.5. The predicted octanol–water partition coefficient (Wildman–Crippen LogP) is 0.850. The first-order chi connectivity index (χ1) is 8.74. The second-order valence-electron chi connectivity index (χ2n) is 3.73. The number of nitrogens with zero attached hydrogens (tertiary/aromatic N) is 4. The first-order valence-electron chi connectivity index (χ1n) is 5.64. The van der Waals surface area contributed by atoms with Gasteiger partial charge < -0.3 is 9.26 Å². The van der Waals surface area contributed by atoms with Crippen molar-refractivity contribution in [3.05, 3.63) is 28.3 Å². The first kappa shape index (κ1) is 12.4. The number of ether oxygens (including phenoxy) is 1. The molecule has 18 heavy (non-hydrogen) atoms. The molecule has 7 nitrogen and oxygen atoms in total. The molecule has 0 atom stereocenters. The minimum absolute atomic E-state index is 0.141. The maximum Gasteiger partial charge on any atom is 0.278 e. The van der Waals surface area contributed by atoms with Gasteiger partial charge in [-0.3, -0.25) is 4.79 Å². The van der Waals surface area contributed by atoms with E-state index in [1.807, 2.05) is 6.92 Å². The maximum atomic E-state index is 11.5. The van der Waals surface area contributed by atoms with Crippen molar-refractivity contribution in [2.45, 2.75) is 26.5 Å². The van der Waals surface area contributed by atoms with Crippen LogP contribution in [-0.4, -0.2) is 27.0 Å². The summed E-state index contributed by atoms with van der Waals surface area (Å²) in [6.45, 7) is 2.81. The van der Waals surface area contributed by atoms with Gasteiger partial charge in [0.25, 0.3) is 11.4 Å². The third-order valence-electron chi connectivity index (χ3n) is 2.26. The standard InChI is InChI=1S/C11H14N4O3/c1-3-6-15-10(16)5-4-8(13-15)11-12-9(7-17-2)14-18-11/h4-5H,3,6-7H2,1-2H3. The molecule has 0 aliphatic rings. The zero-order valence-corrected chi connectivity index (χ0v) is 10.3. The van der Waals surface area contributed by atoms with Crippen molar-refractivity contribution in [1.82, 2.24) is 19.9 Å². The van der Waals surface area contributed by atoms with Crippen molar-refractivity contribution < 1.29 is 9.26 Å². The topological polar surface area (TPSA) is 83.0 Å². The van der Waals surface area contributed by atoms with Gasteiger partial charge >= 0.3 is 0 Å². The normalized spacial score (nSPS) is 10.8. The molecule has 0 fully saturated rings. The van der Waals surface area contributed by atoms with Crippen LogP contribution in [0.25, 0.3) is 11.6 Å². The molecule has 0 amide bonds. The van der Waals surface area contributed by atoms with Crippen molar-refractivity contribution in [2.75, 3.05) is 7.11 Å². The summed E-state index contributed by atoms with van der Waals surface area (Å²) >= 11 is 0. The van der Waals surface area contributed by atoms with Crippen LogP contribution in [0, 0.1) is 0 Å². The van der Waals surface area contributed by atoms with Crippen molar-refractivity contribution in [3.63, 3.8) is 0 Å². The fraction of sp³-hybridized carbons (Fsp3) is 0.455. The summed E-state index contributed by atoms with van der Waals surface area (Å²) in [5.41, 5.74) is 0.343. The van der Waals surface area contributed by atoms with Crippen molar-refractivity contribution in [1.29, 1.82) is 0 Å². The Kier molecular flexibility index (Phi) is 3.83. The highest BCUT2D eigenvalue weighted by molar-refractivity contribution is 5.44. The van der Waals surface area contributed by atoms with Gasteiger partial charge in [0.05, 0.1) is 0 Å². The molecule has 2 aromatic rings. The number of aromatic nitrogens is 4. The monoisotopic (exact) mass is 250 g/mol. The van der Waals surface area contributed by atoms with Crippen LogP contribution in [0.5, 0.6) is 0 Å². The molecule has 0 saturated carbocycles. The molecule has 0 N–H and O–H groups in total. The molecule has 2 rings (SSSR count). The van der Waals surface area contributed by atoms with Gasteiger partial charge in [-0.1, -0.05) is 12.1 Å². The summed E-state index contributed by atoms with van der Waals surface area (Å²) in [4.78, 5) is 15.6. The Hall–Kier alpha value is -2.02. The molecular formula is C11H14N4O3. The van der Waals surface area contributed by atoms with Gasteiger partial charge in [-0.25, -0.2) is 4.68 Å². The SMILES string of the molecule is CCCn1nc(-c2nc(COC)no2)ccc1=O. The van der Waals surface area contributed by atoms with Crippen molar-refractivity contribution in [3.8, 4) is 11.6 Å². The van der Waals surface area contributed by atoms with Crippen LogP contribution in [-0.2, 0) is 17.9 Å². The van der Waals surface area contributed by atoms with Gasteiger partial charge in [-0.15, -0.1) is 0 Å². The summed E-state index contributed by atoms with van der Waals surface area (Å²) in [6.07, 6.45) is 0.828. The molecule has 0 aromatic carbocycles. The first-order valence-corrected chi connectivity index (χ1v) is 5.64.